The molecule has 0 saturated carbocycles. The lowest BCUT2D eigenvalue weighted by atomic mass is 10.2. The van der Waals surface area contributed by atoms with Crippen molar-refractivity contribution < 1.29 is 4.39 Å². The molecule has 8 heteroatoms. The van der Waals surface area contributed by atoms with Gasteiger partial charge in [0.05, 0.1) is 6.20 Å². The number of anilines is 3. The van der Waals surface area contributed by atoms with Gasteiger partial charge in [0.1, 0.15) is 5.82 Å². The Labute approximate surface area is 168 Å². The van der Waals surface area contributed by atoms with Gasteiger partial charge in [-0.3, -0.25) is 0 Å². The van der Waals surface area contributed by atoms with Crippen LogP contribution in [-0.2, 0) is 6.54 Å². The molecule has 1 fully saturated rings. The van der Waals surface area contributed by atoms with Crippen LogP contribution in [0.25, 0.3) is 0 Å². The van der Waals surface area contributed by atoms with Gasteiger partial charge in [-0.1, -0.05) is 29.8 Å². The zero-order valence-corrected chi connectivity index (χ0v) is 16.0. The zero-order chi connectivity index (χ0) is 19.3. The molecule has 2 aromatic carbocycles. The highest BCUT2D eigenvalue weighted by Gasteiger charge is 2.19. The van der Waals surface area contributed by atoms with Crippen LogP contribution in [0.5, 0.6) is 0 Å². The maximum atomic E-state index is 13.0. The summed E-state index contributed by atoms with van der Waals surface area (Å²) in [5.74, 6) is 1.00. The molecule has 0 atom stereocenters. The fourth-order valence-electron chi connectivity index (χ4n) is 3.17. The number of hydrogen-bond donors (Lipinski definition) is 1. The minimum atomic E-state index is -0.249. The van der Waals surface area contributed by atoms with Crippen molar-refractivity contribution in [1.29, 1.82) is 0 Å². The van der Waals surface area contributed by atoms with Crippen molar-refractivity contribution in [3.63, 3.8) is 0 Å². The third-order valence-electron chi connectivity index (χ3n) is 4.69. The van der Waals surface area contributed by atoms with E-state index in [1.54, 1.807) is 18.3 Å². The van der Waals surface area contributed by atoms with Gasteiger partial charge in [0.2, 0.25) is 5.95 Å². The number of hydrogen-bond acceptors (Lipinski definition) is 6. The average Bonchev–Trinajstić information content (AvgIpc) is 2.74. The first-order valence-corrected chi connectivity index (χ1v) is 9.49. The fourth-order valence-corrected chi connectivity index (χ4v) is 3.36. The summed E-state index contributed by atoms with van der Waals surface area (Å²) in [5, 5.41) is 12.0. The van der Waals surface area contributed by atoms with E-state index in [9.17, 15) is 4.39 Å². The number of aromatic nitrogens is 3. The summed E-state index contributed by atoms with van der Waals surface area (Å²) in [7, 11) is 0. The molecule has 28 heavy (non-hydrogen) atoms. The Morgan fingerprint density at radius 3 is 2.50 bits per heavy atom. The molecule has 6 nitrogen and oxygen atoms in total. The maximum Gasteiger partial charge on any atom is 0.244 e. The lowest BCUT2D eigenvalue weighted by molar-refractivity contribution is 0.627. The molecule has 144 valence electrons. The van der Waals surface area contributed by atoms with E-state index in [4.69, 9.17) is 11.6 Å². The number of benzene rings is 2. The molecule has 0 amide bonds. The van der Waals surface area contributed by atoms with E-state index < -0.39 is 0 Å². The molecule has 1 saturated heterocycles. The van der Waals surface area contributed by atoms with Crippen LogP contribution >= 0.6 is 11.6 Å². The van der Waals surface area contributed by atoms with Gasteiger partial charge in [0.15, 0.2) is 5.82 Å². The van der Waals surface area contributed by atoms with Gasteiger partial charge in [-0.2, -0.15) is 10.1 Å². The highest BCUT2D eigenvalue weighted by Crippen LogP contribution is 2.22. The van der Waals surface area contributed by atoms with Crippen LogP contribution in [0.3, 0.4) is 0 Å². The van der Waals surface area contributed by atoms with Crippen LogP contribution in [0.4, 0.5) is 21.8 Å². The Balaban J connectivity index is 1.36. The molecule has 0 unspecified atom stereocenters. The Hall–Kier alpha value is -2.93. The summed E-state index contributed by atoms with van der Waals surface area (Å²) in [6.07, 6.45) is 1.68. The number of nitrogens with one attached hydrogen (secondary N) is 1. The summed E-state index contributed by atoms with van der Waals surface area (Å²) in [6.45, 7) is 3.94. The van der Waals surface area contributed by atoms with Crippen LogP contribution in [0.1, 0.15) is 5.56 Å². The second kappa shape index (κ2) is 8.39. The molecule has 1 aromatic heterocycles. The molecule has 0 radical (unpaired) electrons. The fraction of sp³-hybridized carbons (Fsp3) is 0.250. The average molecular weight is 399 g/mol. The first-order valence-electron chi connectivity index (χ1n) is 9.11. The smallest absolute Gasteiger partial charge is 0.244 e. The van der Waals surface area contributed by atoms with E-state index in [2.05, 4.69) is 36.4 Å². The quantitative estimate of drug-likeness (QED) is 0.708. The normalized spacial score (nSPS) is 14.2. The number of piperazine rings is 1. The Kier molecular flexibility index (Phi) is 5.53. The van der Waals surface area contributed by atoms with Crippen molar-refractivity contribution in [3.05, 3.63) is 71.1 Å². The molecule has 0 bridgehead atoms. The molecule has 1 aliphatic heterocycles. The van der Waals surface area contributed by atoms with Gasteiger partial charge in [-0.25, -0.2) is 4.39 Å². The largest absolute Gasteiger partial charge is 0.368 e. The van der Waals surface area contributed by atoms with E-state index in [0.29, 0.717) is 12.5 Å². The molecule has 1 N–H and O–H groups in total. The predicted octanol–water partition coefficient (Wildman–Crippen LogP) is 3.60. The Morgan fingerprint density at radius 2 is 1.75 bits per heavy atom. The Morgan fingerprint density at radius 1 is 1.00 bits per heavy atom. The lowest BCUT2D eigenvalue weighted by Gasteiger charge is -2.36. The Bertz CT molecular complexity index is 928. The van der Waals surface area contributed by atoms with Gasteiger partial charge in [-0.05, 0) is 35.9 Å². The summed E-state index contributed by atoms with van der Waals surface area (Å²) >= 11 is 6.10. The van der Waals surface area contributed by atoms with Crippen LogP contribution in [0.2, 0.25) is 5.02 Å². The van der Waals surface area contributed by atoms with Crippen molar-refractivity contribution in [2.75, 3.05) is 41.3 Å². The standard InChI is InChI=1S/C20H20ClFN6/c21-16-2-1-3-18(12-16)27-8-10-28(11-9-27)19-14-24-26-20(25-19)23-13-15-4-6-17(22)7-5-15/h1-7,12,14H,8-11,13H2,(H,23,25,26). The number of halogens is 2. The second-order valence-corrected chi connectivity index (χ2v) is 7.01. The van der Waals surface area contributed by atoms with Crippen LogP contribution in [-0.4, -0.2) is 41.4 Å². The summed E-state index contributed by atoms with van der Waals surface area (Å²) < 4.78 is 13.0. The van der Waals surface area contributed by atoms with Crippen LogP contribution in [0, 0.1) is 5.82 Å². The molecule has 1 aliphatic rings. The first kappa shape index (κ1) is 18.4. The van der Waals surface area contributed by atoms with Gasteiger partial charge in [0, 0.05) is 43.4 Å². The first-order chi connectivity index (χ1) is 13.7. The van der Waals surface area contributed by atoms with E-state index in [0.717, 1.165) is 48.3 Å². The van der Waals surface area contributed by atoms with Gasteiger partial charge >= 0.3 is 0 Å². The second-order valence-electron chi connectivity index (χ2n) is 6.57. The van der Waals surface area contributed by atoms with Gasteiger partial charge < -0.3 is 15.1 Å². The topological polar surface area (TPSA) is 57.2 Å². The minimum Gasteiger partial charge on any atom is -0.368 e. The van der Waals surface area contributed by atoms with Crippen molar-refractivity contribution in [2.45, 2.75) is 6.54 Å². The summed E-state index contributed by atoms with van der Waals surface area (Å²) in [5.41, 5.74) is 2.08. The van der Waals surface area contributed by atoms with Crippen molar-refractivity contribution >= 4 is 29.1 Å². The summed E-state index contributed by atoms with van der Waals surface area (Å²) in [4.78, 5) is 9.07. The van der Waals surface area contributed by atoms with Crippen LogP contribution < -0.4 is 15.1 Å². The van der Waals surface area contributed by atoms with E-state index in [-0.39, 0.29) is 5.82 Å². The molecule has 3 aromatic rings. The van der Waals surface area contributed by atoms with Crippen molar-refractivity contribution in [2.24, 2.45) is 0 Å². The monoisotopic (exact) mass is 398 g/mol. The molecule has 0 aliphatic carbocycles. The summed E-state index contributed by atoms with van der Waals surface area (Å²) in [6, 6.07) is 14.2. The van der Waals surface area contributed by atoms with Gasteiger partial charge in [0.25, 0.3) is 0 Å². The SMILES string of the molecule is Fc1ccc(CNc2nncc(N3CCN(c4cccc(Cl)c4)CC3)n2)cc1. The molecule has 0 spiro atoms. The third kappa shape index (κ3) is 4.48. The van der Waals surface area contributed by atoms with E-state index in [1.165, 1.54) is 12.1 Å². The highest BCUT2D eigenvalue weighted by molar-refractivity contribution is 6.30. The molecule has 4 rings (SSSR count). The molecular formula is C20H20ClFN6. The maximum absolute atomic E-state index is 13.0. The minimum absolute atomic E-state index is 0.249. The van der Waals surface area contributed by atoms with E-state index >= 15 is 0 Å². The van der Waals surface area contributed by atoms with Crippen LogP contribution in [0.15, 0.2) is 54.7 Å². The number of nitrogens with zero attached hydrogens (tertiary/aromatic N) is 5. The molecule has 2 heterocycles. The van der Waals surface area contributed by atoms with Crippen molar-refractivity contribution in [3.8, 4) is 0 Å². The zero-order valence-electron chi connectivity index (χ0n) is 15.2. The van der Waals surface area contributed by atoms with Gasteiger partial charge in [-0.15, -0.1) is 5.10 Å². The predicted molar refractivity (Wildman–Crippen MR) is 109 cm³/mol. The van der Waals surface area contributed by atoms with Crippen molar-refractivity contribution in [1.82, 2.24) is 15.2 Å². The molecular weight excluding hydrogens is 379 g/mol. The third-order valence-corrected chi connectivity index (χ3v) is 4.92. The lowest BCUT2D eigenvalue weighted by Crippen LogP contribution is -2.47. The number of rotatable bonds is 5. The van der Waals surface area contributed by atoms with E-state index in [1.807, 2.05) is 18.2 Å². The highest BCUT2D eigenvalue weighted by atomic mass is 35.5.